The Morgan fingerprint density at radius 1 is 1.08 bits per heavy atom. The molecule has 0 unspecified atom stereocenters. The molecule has 2 aliphatic heterocycles. The Morgan fingerprint density at radius 3 is 2.71 bits per heavy atom. The van der Waals surface area contributed by atoms with Crippen molar-refractivity contribution in [1.82, 2.24) is 14.9 Å². The molecule has 0 saturated heterocycles. The maximum absolute atomic E-state index is 16.6. The normalized spacial score (nSPS) is 16.4. The molecular weight excluding hydrogens is 534 g/mol. The van der Waals surface area contributed by atoms with Gasteiger partial charge in [0.1, 0.15) is 34.8 Å². The smallest absolute Gasteiger partial charge is 0.319 e. The zero-order chi connectivity index (χ0) is 26.6. The summed E-state index contributed by atoms with van der Waals surface area (Å²) in [6.07, 6.45) is 1.65. The predicted octanol–water partition coefficient (Wildman–Crippen LogP) is 5.20. The molecule has 2 aliphatic rings. The van der Waals surface area contributed by atoms with Crippen LogP contribution in [0.15, 0.2) is 12.1 Å². The third-order valence-corrected chi connectivity index (χ3v) is 8.32. The minimum atomic E-state index is -0.735. The van der Waals surface area contributed by atoms with Gasteiger partial charge in [-0.25, -0.2) is 8.78 Å². The van der Waals surface area contributed by atoms with E-state index in [0.717, 1.165) is 37.3 Å². The molecule has 38 heavy (non-hydrogen) atoms. The minimum absolute atomic E-state index is 0.00205. The molecule has 12 heteroatoms. The highest BCUT2D eigenvalue weighted by Gasteiger charge is 2.31. The van der Waals surface area contributed by atoms with E-state index in [1.807, 2.05) is 11.0 Å². The average molecular weight is 557 g/mol. The summed E-state index contributed by atoms with van der Waals surface area (Å²) >= 11 is 7.80. The second-order valence-electron chi connectivity index (χ2n) is 9.33. The van der Waals surface area contributed by atoms with Crippen LogP contribution in [0.3, 0.4) is 0 Å². The lowest BCUT2D eigenvalue weighted by Crippen LogP contribution is -2.32. The van der Waals surface area contributed by atoms with E-state index in [0.29, 0.717) is 30.9 Å². The summed E-state index contributed by atoms with van der Waals surface area (Å²) < 4.78 is 43.4. The summed E-state index contributed by atoms with van der Waals surface area (Å²) in [5.41, 5.74) is 6.27. The number of nitrogens with zero attached hydrogens (tertiary/aromatic N) is 5. The second-order valence-corrected chi connectivity index (χ2v) is 10.8. The average Bonchev–Trinajstić information content (AvgIpc) is 3.13. The maximum atomic E-state index is 16.6. The van der Waals surface area contributed by atoms with Crippen LogP contribution < -0.4 is 20.1 Å². The highest BCUT2D eigenvalue weighted by Crippen LogP contribution is 2.50. The number of nitrogens with two attached hydrogens (primary N) is 1. The maximum Gasteiger partial charge on any atom is 0.319 e. The third-order valence-electron chi connectivity index (χ3n) is 6.93. The molecule has 0 radical (unpaired) electrons. The van der Waals surface area contributed by atoms with Gasteiger partial charge >= 0.3 is 6.01 Å². The van der Waals surface area contributed by atoms with Crippen LogP contribution in [0.5, 0.6) is 11.8 Å². The van der Waals surface area contributed by atoms with Gasteiger partial charge in [-0.1, -0.05) is 17.7 Å². The van der Waals surface area contributed by atoms with Crippen molar-refractivity contribution in [2.75, 3.05) is 57.1 Å². The van der Waals surface area contributed by atoms with Crippen LogP contribution in [0.1, 0.15) is 18.4 Å². The van der Waals surface area contributed by atoms with E-state index >= 15 is 4.39 Å². The lowest BCUT2D eigenvalue weighted by Gasteiger charge is -2.25. The molecule has 0 aliphatic carbocycles. The van der Waals surface area contributed by atoms with Crippen molar-refractivity contribution in [3.05, 3.63) is 34.4 Å². The third kappa shape index (κ3) is 3.95. The molecule has 2 N–H and O–H groups in total. The minimum Gasteiger partial charge on any atom is -0.489 e. The van der Waals surface area contributed by atoms with Crippen LogP contribution in [0.2, 0.25) is 5.02 Å². The summed E-state index contributed by atoms with van der Waals surface area (Å²) in [5.74, 6) is -0.557. The van der Waals surface area contributed by atoms with Gasteiger partial charge in [-0.05, 0) is 38.1 Å². The molecule has 0 fully saturated rings. The van der Waals surface area contributed by atoms with Crippen molar-refractivity contribution in [1.29, 1.82) is 5.26 Å². The van der Waals surface area contributed by atoms with Crippen LogP contribution in [-0.4, -0.2) is 61.3 Å². The molecule has 6 rings (SSSR count). The molecule has 0 saturated carbocycles. The SMILES string of the molecule is CN1CCCOc2nc3c4c(c(Cl)c(-c5ccc(F)c6sc(N)c(C#N)c56)c(F)c4n2)OCCN3CCC1. The summed E-state index contributed by atoms with van der Waals surface area (Å²) in [7, 11) is 2.07. The van der Waals surface area contributed by atoms with Crippen molar-refractivity contribution >= 4 is 54.7 Å². The summed E-state index contributed by atoms with van der Waals surface area (Å²) in [4.78, 5) is 13.4. The standard InChI is InChI=1S/C26H23ClF2N6O2S/c1-34-6-2-8-35-9-11-36-22-18-21(32-26(33-25(18)35)37-10-3-7-34)20(29)17(19(22)27)13-4-5-15(28)23-16(13)14(12-30)24(31)38-23/h4-5H,2-3,6-11,31H2,1H3. The number of thiophene rings is 1. The van der Waals surface area contributed by atoms with E-state index in [-0.39, 0.29) is 60.7 Å². The highest BCUT2D eigenvalue weighted by molar-refractivity contribution is 7.23. The first kappa shape index (κ1) is 24.9. The van der Waals surface area contributed by atoms with Gasteiger partial charge in [-0.15, -0.1) is 11.3 Å². The Balaban J connectivity index is 1.65. The lowest BCUT2D eigenvalue weighted by molar-refractivity contribution is 0.247. The Kier molecular flexibility index (Phi) is 6.34. The molecule has 196 valence electrons. The van der Waals surface area contributed by atoms with Crippen LogP contribution in [-0.2, 0) is 0 Å². The molecule has 4 heterocycles. The monoisotopic (exact) mass is 556 g/mol. The van der Waals surface area contributed by atoms with Crippen LogP contribution in [0, 0.1) is 23.0 Å². The molecule has 0 amide bonds. The highest BCUT2D eigenvalue weighted by atomic mass is 35.5. The number of ether oxygens (including phenoxy) is 2. The number of aromatic nitrogens is 2. The van der Waals surface area contributed by atoms with Crippen LogP contribution in [0.4, 0.5) is 19.6 Å². The summed E-state index contributed by atoms with van der Waals surface area (Å²) in [6, 6.07) is 4.70. The zero-order valence-corrected chi connectivity index (χ0v) is 22.1. The van der Waals surface area contributed by atoms with Gasteiger partial charge in [0, 0.05) is 24.0 Å². The number of hydrogen-bond acceptors (Lipinski definition) is 9. The van der Waals surface area contributed by atoms with Gasteiger partial charge in [0.25, 0.3) is 0 Å². The molecule has 2 aromatic heterocycles. The van der Waals surface area contributed by atoms with Gasteiger partial charge in [0.05, 0.1) is 33.8 Å². The van der Waals surface area contributed by atoms with Gasteiger partial charge in [0.2, 0.25) is 0 Å². The fourth-order valence-electron chi connectivity index (χ4n) is 5.13. The molecule has 4 aromatic rings. The lowest BCUT2D eigenvalue weighted by atomic mass is 9.96. The van der Waals surface area contributed by atoms with E-state index in [4.69, 9.17) is 26.8 Å². The van der Waals surface area contributed by atoms with E-state index in [1.54, 1.807) is 0 Å². The number of rotatable bonds is 1. The summed E-state index contributed by atoms with van der Waals surface area (Å²) in [5, 5.41) is 10.5. The van der Waals surface area contributed by atoms with Gasteiger partial charge in [-0.3, -0.25) is 0 Å². The first-order valence-electron chi connectivity index (χ1n) is 12.2. The largest absolute Gasteiger partial charge is 0.489 e. The van der Waals surface area contributed by atoms with Gasteiger partial charge in [0.15, 0.2) is 11.6 Å². The van der Waals surface area contributed by atoms with E-state index in [1.165, 1.54) is 12.1 Å². The van der Waals surface area contributed by atoms with Crippen molar-refractivity contribution in [3.8, 4) is 29.0 Å². The molecule has 8 nitrogen and oxygen atoms in total. The van der Waals surface area contributed by atoms with Crippen molar-refractivity contribution < 1.29 is 18.3 Å². The first-order valence-corrected chi connectivity index (χ1v) is 13.4. The number of fused-ring (bicyclic) bond motifs is 2. The Bertz CT molecular complexity index is 1640. The Morgan fingerprint density at radius 2 is 1.89 bits per heavy atom. The van der Waals surface area contributed by atoms with E-state index in [9.17, 15) is 9.65 Å². The topological polar surface area (TPSA) is 101 Å². The van der Waals surface area contributed by atoms with Crippen molar-refractivity contribution in [3.63, 3.8) is 0 Å². The first-order chi connectivity index (χ1) is 18.4. The zero-order valence-electron chi connectivity index (χ0n) is 20.5. The number of hydrogen-bond donors (Lipinski definition) is 1. The molecule has 0 spiro atoms. The van der Waals surface area contributed by atoms with Crippen molar-refractivity contribution in [2.24, 2.45) is 0 Å². The Labute approximate surface area is 226 Å². The number of nitrogen functional groups attached to an aromatic ring is 1. The fraction of sp³-hybridized carbons (Fsp3) is 0.346. The van der Waals surface area contributed by atoms with Crippen LogP contribution in [0.25, 0.3) is 32.1 Å². The number of nitriles is 1. The molecular formula is C26H23ClF2N6O2S. The Hall–Kier alpha value is -3.46. The summed E-state index contributed by atoms with van der Waals surface area (Å²) in [6.45, 7) is 3.60. The van der Waals surface area contributed by atoms with E-state index < -0.39 is 11.6 Å². The predicted molar refractivity (Wildman–Crippen MR) is 144 cm³/mol. The van der Waals surface area contributed by atoms with Crippen molar-refractivity contribution in [2.45, 2.75) is 12.8 Å². The molecule has 2 aromatic carbocycles. The second kappa shape index (κ2) is 9.69. The fourth-order valence-corrected chi connectivity index (χ4v) is 6.41. The molecule has 0 atom stereocenters. The van der Waals surface area contributed by atoms with Gasteiger partial charge in [-0.2, -0.15) is 15.2 Å². The number of anilines is 2. The quantitative estimate of drug-likeness (QED) is 0.341. The van der Waals surface area contributed by atoms with E-state index in [2.05, 4.69) is 21.9 Å². The number of halogens is 3. The van der Waals surface area contributed by atoms with Gasteiger partial charge < -0.3 is 25.0 Å². The van der Waals surface area contributed by atoms with Crippen LogP contribution >= 0.6 is 22.9 Å². The number of benzene rings is 2. The molecule has 2 bridgehead atoms.